The number of halogens is 1. The summed E-state index contributed by atoms with van der Waals surface area (Å²) in [6.07, 6.45) is 1.75. The van der Waals surface area contributed by atoms with Gasteiger partial charge < -0.3 is 14.2 Å². The molecular formula is C24H21ClN2O5S. The summed E-state index contributed by atoms with van der Waals surface area (Å²) in [7, 11) is 4.44. The first-order chi connectivity index (χ1) is 15.9. The van der Waals surface area contributed by atoms with Gasteiger partial charge in [-0.3, -0.25) is 9.36 Å². The molecule has 0 unspecified atom stereocenters. The van der Waals surface area contributed by atoms with E-state index in [2.05, 4.69) is 4.99 Å². The van der Waals surface area contributed by atoms with Crippen molar-refractivity contribution >= 4 is 35.0 Å². The van der Waals surface area contributed by atoms with Crippen molar-refractivity contribution in [1.82, 2.24) is 4.57 Å². The minimum absolute atomic E-state index is 0.273. The summed E-state index contributed by atoms with van der Waals surface area (Å²) < 4.78 is 17.7. The second-order valence-electron chi connectivity index (χ2n) is 7.23. The average Bonchev–Trinajstić information content (AvgIpc) is 3.12. The Morgan fingerprint density at radius 1 is 1.12 bits per heavy atom. The molecule has 2 aromatic carbocycles. The number of methoxy groups -OCH3 is 3. The first-order valence-corrected chi connectivity index (χ1v) is 11.2. The third kappa shape index (κ3) is 4.19. The molecule has 0 amide bonds. The quantitative estimate of drug-likeness (QED) is 0.520. The molecule has 0 aliphatic carbocycles. The van der Waals surface area contributed by atoms with Crippen molar-refractivity contribution in [3.63, 3.8) is 0 Å². The summed E-state index contributed by atoms with van der Waals surface area (Å²) in [5, 5.41) is 0.554. The van der Waals surface area contributed by atoms with Crippen molar-refractivity contribution in [2.24, 2.45) is 4.99 Å². The molecule has 170 valence electrons. The molecule has 0 bridgehead atoms. The first kappa shape index (κ1) is 22.8. The minimum atomic E-state index is -0.689. The molecule has 1 aromatic heterocycles. The number of carbonyl (C=O) groups is 1. The largest absolute Gasteiger partial charge is 0.497 e. The van der Waals surface area contributed by atoms with Gasteiger partial charge >= 0.3 is 5.97 Å². The molecule has 7 nitrogen and oxygen atoms in total. The number of ether oxygens (including phenoxy) is 3. The van der Waals surface area contributed by atoms with E-state index in [1.54, 1.807) is 63.6 Å². The lowest BCUT2D eigenvalue weighted by atomic mass is 9.96. The molecule has 3 aromatic rings. The molecule has 1 aliphatic heterocycles. The fraction of sp³-hybridized carbons (Fsp3) is 0.208. The van der Waals surface area contributed by atoms with Gasteiger partial charge in [-0.1, -0.05) is 35.1 Å². The Morgan fingerprint density at radius 3 is 2.48 bits per heavy atom. The fourth-order valence-electron chi connectivity index (χ4n) is 3.73. The van der Waals surface area contributed by atoms with E-state index in [1.807, 2.05) is 6.07 Å². The molecule has 33 heavy (non-hydrogen) atoms. The van der Waals surface area contributed by atoms with E-state index in [4.69, 9.17) is 25.8 Å². The summed E-state index contributed by atoms with van der Waals surface area (Å²) in [6.45, 7) is 1.73. The second-order valence-corrected chi connectivity index (χ2v) is 8.68. The Balaban J connectivity index is 1.96. The Hall–Kier alpha value is -3.36. The van der Waals surface area contributed by atoms with Crippen LogP contribution in [0.1, 0.15) is 24.1 Å². The number of carbonyl (C=O) groups excluding carboxylic acids is 1. The van der Waals surface area contributed by atoms with E-state index in [0.29, 0.717) is 37.1 Å². The van der Waals surface area contributed by atoms with Crippen LogP contribution < -0.4 is 24.4 Å². The Kier molecular flexibility index (Phi) is 6.40. The van der Waals surface area contributed by atoms with Gasteiger partial charge in [-0.2, -0.15) is 0 Å². The lowest BCUT2D eigenvalue weighted by Gasteiger charge is -2.24. The SMILES string of the molecule is COC(=O)C1=C(C)N=c2s/c(=C/c3ccc(OC)cc3OC)c(=O)n2[C@@H]1c1ccc(Cl)cc1. The van der Waals surface area contributed by atoms with Crippen LogP contribution in [0.5, 0.6) is 11.5 Å². The molecule has 0 spiro atoms. The maximum atomic E-state index is 13.6. The number of benzene rings is 2. The van der Waals surface area contributed by atoms with Crippen LogP contribution in [-0.4, -0.2) is 31.9 Å². The van der Waals surface area contributed by atoms with Crippen LogP contribution in [0.25, 0.3) is 6.08 Å². The number of aromatic nitrogens is 1. The predicted octanol–water partition coefficient (Wildman–Crippen LogP) is 3.08. The number of hydrogen-bond donors (Lipinski definition) is 0. The first-order valence-electron chi connectivity index (χ1n) is 9.96. The summed E-state index contributed by atoms with van der Waals surface area (Å²) >= 11 is 7.31. The van der Waals surface area contributed by atoms with Crippen molar-refractivity contribution in [2.45, 2.75) is 13.0 Å². The number of thiazole rings is 1. The smallest absolute Gasteiger partial charge is 0.338 e. The summed E-state index contributed by atoms with van der Waals surface area (Å²) in [4.78, 5) is 31.3. The highest BCUT2D eigenvalue weighted by Gasteiger charge is 2.33. The normalized spacial score (nSPS) is 15.7. The summed E-state index contributed by atoms with van der Waals surface area (Å²) in [6, 6.07) is 11.7. The van der Waals surface area contributed by atoms with E-state index < -0.39 is 12.0 Å². The zero-order chi connectivity index (χ0) is 23.7. The summed E-state index contributed by atoms with van der Waals surface area (Å²) in [5.74, 6) is 0.676. The average molecular weight is 485 g/mol. The zero-order valence-corrected chi connectivity index (χ0v) is 20.0. The van der Waals surface area contributed by atoms with Gasteiger partial charge in [-0.05, 0) is 42.8 Å². The monoisotopic (exact) mass is 484 g/mol. The lowest BCUT2D eigenvalue weighted by molar-refractivity contribution is -0.136. The van der Waals surface area contributed by atoms with Crippen LogP contribution in [0.3, 0.4) is 0 Å². The van der Waals surface area contributed by atoms with Gasteiger partial charge in [0.05, 0.1) is 43.2 Å². The molecule has 9 heteroatoms. The maximum Gasteiger partial charge on any atom is 0.338 e. The van der Waals surface area contributed by atoms with Crippen molar-refractivity contribution in [3.05, 3.63) is 89.6 Å². The number of nitrogens with zero attached hydrogens (tertiary/aromatic N) is 2. The predicted molar refractivity (Wildman–Crippen MR) is 127 cm³/mol. The highest BCUT2D eigenvalue weighted by atomic mass is 35.5. The second kappa shape index (κ2) is 9.25. The standard InChI is InChI=1S/C24H21ClN2O5S/c1-13-20(23(29)32-4)21(14-5-8-16(25)9-6-14)27-22(28)19(33-24(27)26-13)11-15-7-10-17(30-2)12-18(15)31-3/h5-12,21H,1-4H3/b19-11+/t21-/m1/s1. The molecule has 1 aliphatic rings. The van der Waals surface area contributed by atoms with E-state index in [0.717, 1.165) is 11.1 Å². The third-order valence-electron chi connectivity index (χ3n) is 5.34. The van der Waals surface area contributed by atoms with Crippen molar-refractivity contribution < 1.29 is 19.0 Å². The lowest BCUT2D eigenvalue weighted by Crippen LogP contribution is -2.39. The number of rotatable bonds is 5. The van der Waals surface area contributed by atoms with Gasteiger partial charge in [0.1, 0.15) is 11.5 Å². The van der Waals surface area contributed by atoms with Crippen LogP contribution in [0, 0.1) is 0 Å². The molecule has 0 saturated carbocycles. The molecule has 0 N–H and O–H groups in total. The van der Waals surface area contributed by atoms with Gasteiger partial charge in [0.15, 0.2) is 4.80 Å². The Morgan fingerprint density at radius 2 is 1.85 bits per heavy atom. The van der Waals surface area contributed by atoms with Gasteiger partial charge in [0.25, 0.3) is 5.56 Å². The van der Waals surface area contributed by atoms with E-state index in [1.165, 1.54) is 23.0 Å². The zero-order valence-electron chi connectivity index (χ0n) is 18.4. The van der Waals surface area contributed by atoms with Gasteiger partial charge in [-0.15, -0.1) is 0 Å². The molecule has 1 atom stereocenters. The number of fused-ring (bicyclic) bond motifs is 1. The highest BCUT2D eigenvalue weighted by molar-refractivity contribution is 7.07. The third-order valence-corrected chi connectivity index (χ3v) is 6.57. The fourth-order valence-corrected chi connectivity index (χ4v) is 4.90. The van der Waals surface area contributed by atoms with E-state index in [9.17, 15) is 9.59 Å². The van der Waals surface area contributed by atoms with Crippen molar-refractivity contribution in [1.29, 1.82) is 0 Å². The van der Waals surface area contributed by atoms with Crippen molar-refractivity contribution in [3.8, 4) is 11.5 Å². The van der Waals surface area contributed by atoms with Gasteiger partial charge in [0, 0.05) is 16.7 Å². The molecule has 0 saturated heterocycles. The maximum absolute atomic E-state index is 13.6. The molecule has 4 rings (SSSR count). The number of allylic oxidation sites excluding steroid dienone is 1. The van der Waals surface area contributed by atoms with Gasteiger partial charge in [-0.25, -0.2) is 9.79 Å². The topological polar surface area (TPSA) is 79.1 Å². The van der Waals surface area contributed by atoms with E-state index >= 15 is 0 Å². The summed E-state index contributed by atoms with van der Waals surface area (Å²) in [5.41, 5.74) is 1.97. The van der Waals surface area contributed by atoms with Crippen molar-refractivity contribution in [2.75, 3.05) is 21.3 Å². The molecule has 0 radical (unpaired) electrons. The Labute approximate surface area is 198 Å². The molecule has 0 fully saturated rings. The Bertz CT molecular complexity index is 1440. The number of hydrogen-bond acceptors (Lipinski definition) is 7. The van der Waals surface area contributed by atoms with Crippen LogP contribution >= 0.6 is 22.9 Å². The van der Waals surface area contributed by atoms with E-state index in [-0.39, 0.29) is 5.56 Å². The van der Waals surface area contributed by atoms with Crippen LogP contribution in [0.2, 0.25) is 5.02 Å². The van der Waals surface area contributed by atoms with Crippen LogP contribution in [-0.2, 0) is 9.53 Å². The van der Waals surface area contributed by atoms with Gasteiger partial charge in [0.2, 0.25) is 0 Å². The van der Waals surface area contributed by atoms with Crippen LogP contribution in [0.4, 0.5) is 0 Å². The highest BCUT2D eigenvalue weighted by Crippen LogP contribution is 2.31. The van der Waals surface area contributed by atoms with Crippen LogP contribution in [0.15, 0.2) is 63.5 Å². The minimum Gasteiger partial charge on any atom is -0.497 e. The molecular weight excluding hydrogens is 464 g/mol. The molecule has 2 heterocycles. The number of esters is 1.